The third-order valence-corrected chi connectivity index (χ3v) is 6.88. The predicted molar refractivity (Wildman–Crippen MR) is 102 cm³/mol. The van der Waals surface area contributed by atoms with Crippen molar-refractivity contribution in [3.63, 3.8) is 0 Å². The Hall–Kier alpha value is -2.51. The Labute approximate surface area is 157 Å². The normalized spacial score (nSPS) is 23.7. The molecule has 2 unspecified atom stereocenters. The maximum atomic E-state index is 11.9. The minimum Gasteiger partial charge on any atom is -0.483 e. The molecule has 0 amide bonds. The number of nitrogens with one attached hydrogen (secondary N) is 1. The number of pyridine rings is 2. The molecular weight excluding hydrogens is 362 g/mol. The Kier molecular flexibility index (Phi) is 3.87. The summed E-state index contributed by atoms with van der Waals surface area (Å²) in [4.78, 5) is 8.96. The molecule has 2 atom stereocenters. The van der Waals surface area contributed by atoms with Crippen LogP contribution in [0.15, 0.2) is 48.7 Å². The van der Waals surface area contributed by atoms with E-state index in [1.54, 1.807) is 6.20 Å². The molecular formula is C20H19N3O3S. The van der Waals surface area contributed by atoms with E-state index < -0.39 is 9.84 Å². The molecule has 0 saturated carbocycles. The van der Waals surface area contributed by atoms with Gasteiger partial charge in [-0.1, -0.05) is 12.1 Å². The maximum Gasteiger partial charge on any atom is 0.159 e. The summed E-state index contributed by atoms with van der Waals surface area (Å²) in [5.74, 6) is 1.15. The number of benzene rings is 1. The van der Waals surface area contributed by atoms with Crippen molar-refractivity contribution in [3.8, 4) is 5.75 Å². The van der Waals surface area contributed by atoms with E-state index in [-0.39, 0.29) is 23.7 Å². The summed E-state index contributed by atoms with van der Waals surface area (Å²) in [6, 6.07) is 13.7. The minimum absolute atomic E-state index is 0.132. The zero-order valence-corrected chi connectivity index (χ0v) is 15.4. The molecule has 7 heteroatoms. The van der Waals surface area contributed by atoms with Crippen LogP contribution in [-0.4, -0.2) is 36.4 Å². The van der Waals surface area contributed by atoms with Crippen LogP contribution in [0.3, 0.4) is 0 Å². The van der Waals surface area contributed by atoms with E-state index in [9.17, 15) is 8.42 Å². The van der Waals surface area contributed by atoms with Gasteiger partial charge in [0.25, 0.3) is 0 Å². The predicted octanol–water partition coefficient (Wildman–Crippen LogP) is 2.37. The van der Waals surface area contributed by atoms with Crippen molar-refractivity contribution in [2.75, 3.05) is 18.1 Å². The van der Waals surface area contributed by atoms with Crippen molar-refractivity contribution in [2.45, 2.75) is 18.6 Å². The summed E-state index contributed by atoms with van der Waals surface area (Å²) in [7, 11) is -2.99. The van der Waals surface area contributed by atoms with Crippen LogP contribution in [0.1, 0.15) is 29.0 Å². The molecule has 2 aliphatic rings. The number of hydrogen-bond acceptors (Lipinski definition) is 6. The van der Waals surface area contributed by atoms with Gasteiger partial charge in [-0.05, 0) is 41.5 Å². The first-order chi connectivity index (χ1) is 13.1. The van der Waals surface area contributed by atoms with Gasteiger partial charge in [0.1, 0.15) is 11.9 Å². The second-order valence-electron chi connectivity index (χ2n) is 7.09. The first-order valence-electron chi connectivity index (χ1n) is 9.02. The summed E-state index contributed by atoms with van der Waals surface area (Å²) in [6.07, 6.45) is 2.34. The lowest BCUT2D eigenvalue weighted by Gasteiger charge is -2.24. The van der Waals surface area contributed by atoms with Gasteiger partial charge in [0.2, 0.25) is 0 Å². The van der Waals surface area contributed by atoms with E-state index in [1.165, 1.54) is 0 Å². The molecule has 0 spiro atoms. The fraction of sp³-hybridized carbons (Fsp3) is 0.300. The molecule has 2 aromatic heterocycles. The number of rotatable bonds is 2. The molecule has 1 N–H and O–H groups in total. The summed E-state index contributed by atoms with van der Waals surface area (Å²) >= 11 is 0. The van der Waals surface area contributed by atoms with Gasteiger partial charge in [0, 0.05) is 30.6 Å². The van der Waals surface area contributed by atoms with Gasteiger partial charge in [-0.25, -0.2) is 18.4 Å². The number of aromatic nitrogens is 2. The average Bonchev–Trinajstić information content (AvgIpc) is 3.10. The lowest BCUT2D eigenvalue weighted by atomic mass is 10.0. The van der Waals surface area contributed by atoms with Crippen LogP contribution in [0.5, 0.6) is 5.75 Å². The monoisotopic (exact) mass is 381 g/mol. The first kappa shape index (κ1) is 16.6. The lowest BCUT2D eigenvalue weighted by Crippen LogP contribution is -2.39. The van der Waals surface area contributed by atoms with Gasteiger partial charge in [-0.3, -0.25) is 0 Å². The topological polar surface area (TPSA) is 81.2 Å². The second kappa shape index (κ2) is 6.28. The zero-order chi connectivity index (χ0) is 18.4. The van der Waals surface area contributed by atoms with Crippen LogP contribution < -0.4 is 10.1 Å². The molecule has 138 valence electrons. The SMILES string of the molecule is O=S1(=O)CCNC(c2ccc3c(c2)OC(c2ccc4cccnc4n2)C3)C1. The van der Waals surface area contributed by atoms with E-state index >= 15 is 0 Å². The van der Waals surface area contributed by atoms with Gasteiger partial charge in [0.05, 0.1) is 17.2 Å². The van der Waals surface area contributed by atoms with Crippen LogP contribution in [0.2, 0.25) is 0 Å². The van der Waals surface area contributed by atoms with Crippen LogP contribution in [0.4, 0.5) is 0 Å². The minimum atomic E-state index is -2.99. The highest BCUT2D eigenvalue weighted by molar-refractivity contribution is 7.91. The van der Waals surface area contributed by atoms with Crippen LogP contribution in [-0.2, 0) is 16.3 Å². The van der Waals surface area contributed by atoms with Crippen molar-refractivity contribution in [1.29, 1.82) is 0 Å². The van der Waals surface area contributed by atoms with Crippen molar-refractivity contribution in [1.82, 2.24) is 15.3 Å². The van der Waals surface area contributed by atoms with E-state index in [0.717, 1.165) is 34.4 Å². The molecule has 4 heterocycles. The molecule has 27 heavy (non-hydrogen) atoms. The Morgan fingerprint density at radius 3 is 2.96 bits per heavy atom. The first-order valence-corrected chi connectivity index (χ1v) is 10.8. The molecule has 1 fully saturated rings. The standard InChI is InChI=1S/C20H19N3O3S/c24-27(25)9-8-21-17(12-27)14-3-4-15-11-19(26-18(15)10-14)16-6-5-13-2-1-7-22-20(13)23-16/h1-7,10,17,19,21H,8-9,11-12H2. The average molecular weight is 381 g/mol. The molecule has 1 saturated heterocycles. The summed E-state index contributed by atoms with van der Waals surface area (Å²) in [5.41, 5.74) is 3.64. The van der Waals surface area contributed by atoms with Gasteiger partial charge < -0.3 is 10.1 Å². The number of sulfone groups is 1. The molecule has 0 aliphatic carbocycles. The van der Waals surface area contributed by atoms with E-state index in [1.807, 2.05) is 42.5 Å². The Morgan fingerprint density at radius 1 is 1.15 bits per heavy atom. The van der Waals surface area contributed by atoms with Crippen molar-refractivity contribution < 1.29 is 13.2 Å². The van der Waals surface area contributed by atoms with Crippen molar-refractivity contribution in [2.24, 2.45) is 0 Å². The highest BCUT2D eigenvalue weighted by atomic mass is 32.2. The highest BCUT2D eigenvalue weighted by Gasteiger charge is 2.29. The Balaban J connectivity index is 1.41. The fourth-order valence-corrected chi connectivity index (χ4v) is 5.19. The Bertz CT molecular complexity index is 1130. The van der Waals surface area contributed by atoms with Gasteiger partial charge in [0.15, 0.2) is 15.5 Å². The second-order valence-corrected chi connectivity index (χ2v) is 9.31. The third kappa shape index (κ3) is 3.17. The lowest BCUT2D eigenvalue weighted by molar-refractivity contribution is 0.233. The molecule has 2 aliphatic heterocycles. The molecule has 5 rings (SSSR count). The number of fused-ring (bicyclic) bond motifs is 2. The quantitative estimate of drug-likeness (QED) is 0.734. The van der Waals surface area contributed by atoms with Crippen LogP contribution in [0.25, 0.3) is 11.0 Å². The molecule has 3 aromatic rings. The Morgan fingerprint density at radius 2 is 2.07 bits per heavy atom. The van der Waals surface area contributed by atoms with E-state index in [4.69, 9.17) is 4.74 Å². The molecule has 0 radical (unpaired) electrons. The van der Waals surface area contributed by atoms with Gasteiger partial charge in [-0.15, -0.1) is 0 Å². The fourth-order valence-electron chi connectivity index (χ4n) is 3.77. The third-order valence-electron chi connectivity index (χ3n) is 5.21. The summed E-state index contributed by atoms with van der Waals surface area (Å²) in [6.45, 7) is 0.488. The van der Waals surface area contributed by atoms with E-state index in [2.05, 4.69) is 15.3 Å². The number of hydrogen-bond donors (Lipinski definition) is 1. The smallest absolute Gasteiger partial charge is 0.159 e. The highest BCUT2D eigenvalue weighted by Crippen LogP contribution is 2.38. The van der Waals surface area contributed by atoms with Gasteiger partial charge in [-0.2, -0.15) is 0 Å². The van der Waals surface area contributed by atoms with E-state index in [0.29, 0.717) is 12.2 Å². The van der Waals surface area contributed by atoms with Crippen molar-refractivity contribution >= 4 is 20.9 Å². The molecule has 1 aromatic carbocycles. The van der Waals surface area contributed by atoms with Crippen molar-refractivity contribution in [3.05, 3.63) is 65.5 Å². The summed E-state index contributed by atoms with van der Waals surface area (Å²) in [5, 5.41) is 4.29. The summed E-state index contributed by atoms with van der Waals surface area (Å²) < 4.78 is 30.0. The van der Waals surface area contributed by atoms with Crippen LogP contribution in [0, 0.1) is 0 Å². The maximum absolute atomic E-state index is 11.9. The molecule has 0 bridgehead atoms. The molecule has 6 nitrogen and oxygen atoms in total. The largest absolute Gasteiger partial charge is 0.483 e. The zero-order valence-electron chi connectivity index (χ0n) is 14.6. The van der Waals surface area contributed by atoms with Crippen LogP contribution >= 0.6 is 0 Å². The number of ether oxygens (including phenoxy) is 1. The number of nitrogens with zero attached hydrogens (tertiary/aromatic N) is 2. The van der Waals surface area contributed by atoms with Gasteiger partial charge >= 0.3 is 0 Å².